The van der Waals surface area contributed by atoms with Crippen molar-refractivity contribution < 1.29 is 17.6 Å². The lowest BCUT2D eigenvalue weighted by molar-refractivity contribution is 0.483. The van der Waals surface area contributed by atoms with E-state index in [0.717, 1.165) is 18.2 Å². The zero-order valence-corrected chi connectivity index (χ0v) is 15.8. The molecule has 5 nitrogen and oxygen atoms in total. The second-order valence-electron chi connectivity index (χ2n) is 6.86. The number of halogens is 4. The number of fused-ring (bicyclic) bond motifs is 2. The lowest BCUT2D eigenvalue weighted by atomic mass is 10.1. The summed E-state index contributed by atoms with van der Waals surface area (Å²) in [6, 6.07) is 12.7. The van der Waals surface area contributed by atoms with Gasteiger partial charge in [0.25, 0.3) is 0 Å². The van der Waals surface area contributed by atoms with Gasteiger partial charge in [-0.1, -0.05) is 12.1 Å². The Labute approximate surface area is 172 Å². The molecule has 0 saturated carbocycles. The van der Waals surface area contributed by atoms with Crippen LogP contribution in [0.3, 0.4) is 0 Å². The van der Waals surface area contributed by atoms with Crippen molar-refractivity contribution >= 4 is 33.4 Å². The highest BCUT2D eigenvalue weighted by atomic mass is 19.1. The van der Waals surface area contributed by atoms with Crippen molar-refractivity contribution in [3.63, 3.8) is 0 Å². The molecule has 0 aliphatic rings. The van der Waals surface area contributed by atoms with E-state index in [2.05, 4.69) is 25.5 Å². The Morgan fingerprint density at radius 3 is 2.52 bits per heavy atom. The quantitative estimate of drug-likeness (QED) is 0.359. The van der Waals surface area contributed by atoms with Gasteiger partial charge in [0.1, 0.15) is 29.6 Å². The van der Waals surface area contributed by atoms with Crippen molar-refractivity contribution in [2.75, 3.05) is 5.32 Å². The molecule has 9 heteroatoms. The molecule has 0 unspecified atom stereocenters. The number of hydrogen-bond donors (Lipinski definition) is 2. The first-order valence-electron chi connectivity index (χ1n) is 9.25. The molecule has 2 heterocycles. The molecule has 0 aliphatic carbocycles. The smallest absolute Gasteiger partial charge is 0.162 e. The largest absolute Gasteiger partial charge is 0.322 e. The van der Waals surface area contributed by atoms with E-state index in [9.17, 15) is 17.6 Å². The molecule has 0 bridgehead atoms. The number of nitrogens with one attached hydrogen (secondary N) is 2. The Kier molecular flexibility index (Phi) is 4.50. The average Bonchev–Trinajstić information content (AvgIpc) is 3.16. The van der Waals surface area contributed by atoms with E-state index in [1.54, 1.807) is 24.3 Å². The molecule has 5 aromatic rings. The van der Waals surface area contributed by atoms with Crippen molar-refractivity contribution in [3.8, 4) is 11.4 Å². The third kappa shape index (κ3) is 3.33. The van der Waals surface area contributed by atoms with Gasteiger partial charge in [-0.2, -0.15) is 5.10 Å². The van der Waals surface area contributed by atoms with Gasteiger partial charge in [0.15, 0.2) is 17.5 Å². The van der Waals surface area contributed by atoms with Gasteiger partial charge in [-0.05, 0) is 42.0 Å². The van der Waals surface area contributed by atoms with Gasteiger partial charge < -0.3 is 5.32 Å². The van der Waals surface area contributed by atoms with E-state index in [0.29, 0.717) is 22.3 Å². The topological polar surface area (TPSA) is 66.5 Å². The fourth-order valence-electron chi connectivity index (χ4n) is 3.44. The van der Waals surface area contributed by atoms with Crippen LogP contribution in [0, 0.1) is 17.5 Å². The van der Waals surface area contributed by atoms with Gasteiger partial charge in [-0.25, -0.2) is 27.5 Å². The molecule has 0 fully saturated rings. The monoisotopic (exact) mass is 423 g/mol. The summed E-state index contributed by atoms with van der Waals surface area (Å²) in [5, 5.41) is 10.4. The van der Waals surface area contributed by atoms with Crippen LogP contribution < -0.4 is 5.32 Å². The lowest BCUT2D eigenvalue weighted by Crippen LogP contribution is -2.01. The van der Waals surface area contributed by atoms with Crippen molar-refractivity contribution in [2.24, 2.45) is 0 Å². The number of rotatable bonds is 4. The van der Waals surface area contributed by atoms with Gasteiger partial charge >= 0.3 is 0 Å². The van der Waals surface area contributed by atoms with Crippen LogP contribution in [0.1, 0.15) is 5.56 Å². The molecule has 2 aromatic heterocycles. The van der Waals surface area contributed by atoms with Crippen LogP contribution in [0.4, 0.5) is 29.2 Å². The van der Waals surface area contributed by atoms with Crippen molar-refractivity contribution in [1.29, 1.82) is 0 Å². The number of H-pyrrole nitrogens is 1. The third-order valence-corrected chi connectivity index (χ3v) is 4.88. The molecular formula is C22H13F4N5. The van der Waals surface area contributed by atoms with Crippen molar-refractivity contribution in [1.82, 2.24) is 20.2 Å². The molecule has 154 valence electrons. The SMILES string of the molecule is FCc1cc(F)ccc1-c1nc(Nc2n[nH]c3c(F)cc(F)cc23)c2ccccc2n1. The van der Waals surface area contributed by atoms with Gasteiger partial charge in [-0.3, -0.25) is 5.10 Å². The summed E-state index contributed by atoms with van der Waals surface area (Å²) >= 11 is 0. The highest BCUT2D eigenvalue weighted by Gasteiger charge is 2.17. The molecule has 31 heavy (non-hydrogen) atoms. The molecule has 0 spiro atoms. The van der Waals surface area contributed by atoms with Crippen molar-refractivity contribution in [2.45, 2.75) is 6.67 Å². The number of aromatic amines is 1. The first-order valence-corrected chi connectivity index (χ1v) is 9.25. The van der Waals surface area contributed by atoms with Gasteiger partial charge in [0.05, 0.1) is 10.9 Å². The number of benzene rings is 3. The Bertz CT molecular complexity index is 1450. The summed E-state index contributed by atoms with van der Waals surface area (Å²) in [7, 11) is 0. The highest BCUT2D eigenvalue weighted by Crippen LogP contribution is 2.31. The van der Waals surface area contributed by atoms with Crippen LogP contribution >= 0.6 is 0 Å². The zero-order valence-electron chi connectivity index (χ0n) is 15.8. The summed E-state index contributed by atoms with van der Waals surface area (Å²) in [6.45, 7) is -0.894. The van der Waals surface area contributed by atoms with Crippen LogP contribution in [0.25, 0.3) is 33.2 Å². The maximum atomic E-state index is 14.0. The first-order chi connectivity index (χ1) is 15.0. The van der Waals surface area contributed by atoms with E-state index >= 15 is 0 Å². The molecule has 0 amide bonds. The second-order valence-corrected chi connectivity index (χ2v) is 6.86. The third-order valence-electron chi connectivity index (χ3n) is 4.88. The summed E-state index contributed by atoms with van der Waals surface area (Å²) in [6.07, 6.45) is 0. The lowest BCUT2D eigenvalue weighted by Gasteiger charge is -2.11. The predicted molar refractivity (Wildman–Crippen MR) is 109 cm³/mol. The van der Waals surface area contributed by atoms with Crippen LogP contribution in [0.2, 0.25) is 0 Å². The van der Waals surface area contributed by atoms with E-state index in [1.807, 2.05) is 0 Å². The fraction of sp³-hybridized carbons (Fsp3) is 0.0455. The minimum atomic E-state index is -0.894. The number of nitrogens with zero attached hydrogens (tertiary/aromatic N) is 3. The second kappa shape index (κ2) is 7.35. The molecule has 0 radical (unpaired) electrons. The Balaban J connectivity index is 1.69. The van der Waals surface area contributed by atoms with Crippen LogP contribution in [-0.4, -0.2) is 20.2 Å². The average molecular weight is 423 g/mol. The number of alkyl halides is 1. The summed E-state index contributed by atoms with van der Waals surface area (Å²) in [5.41, 5.74) is 1.03. The van der Waals surface area contributed by atoms with Gasteiger partial charge in [0.2, 0.25) is 0 Å². The predicted octanol–water partition coefficient (Wildman–Crippen LogP) is 5.80. The standard InChI is InChI=1S/C22H13F4N5/c23-10-11-7-12(24)5-6-14(11)20-27-18-4-2-1-3-15(18)21(28-20)29-22-16-8-13(25)9-17(26)19(16)30-31-22/h1-9H,10H2,(H2,27,28,29,30,31). The normalized spacial score (nSPS) is 11.4. The fourth-order valence-corrected chi connectivity index (χ4v) is 3.44. The molecular weight excluding hydrogens is 410 g/mol. The number of aromatic nitrogens is 4. The van der Waals surface area contributed by atoms with E-state index in [4.69, 9.17) is 0 Å². The van der Waals surface area contributed by atoms with E-state index < -0.39 is 24.1 Å². The molecule has 0 atom stereocenters. The van der Waals surface area contributed by atoms with Gasteiger partial charge in [0, 0.05) is 17.0 Å². The highest BCUT2D eigenvalue weighted by molar-refractivity contribution is 5.97. The first kappa shape index (κ1) is 19.0. The Morgan fingerprint density at radius 1 is 0.839 bits per heavy atom. The van der Waals surface area contributed by atoms with E-state index in [1.165, 1.54) is 12.1 Å². The molecule has 5 rings (SSSR count). The molecule has 2 N–H and O–H groups in total. The Morgan fingerprint density at radius 2 is 1.68 bits per heavy atom. The Hall–Kier alpha value is -4.01. The minimum Gasteiger partial charge on any atom is -0.322 e. The van der Waals surface area contributed by atoms with Crippen LogP contribution in [0.5, 0.6) is 0 Å². The van der Waals surface area contributed by atoms with Gasteiger partial charge in [-0.15, -0.1) is 0 Å². The van der Waals surface area contributed by atoms with E-state index in [-0.39, 0.29) is 28.1 Å². The zero-order chi connectivity index (χ0) is 21.5. The molecule has 0 aliphatic heterocycles. The minimum absolute atomic E-state index is 0.0423. The summed E-state index contributed by atoms with van der Waals surface area (Å²) < 4.78 is 54.8. The maximum Gasteiger partial charge on any atom is 0.162 e. The van der Waals surface area contributed by atoms with Crippen molar-refractivity contribution in [3.05, 3.63) is 77.6 Å². The summed E-state index contributed by atoms with van der Waals surface area (Å²) in [4.78, 5) is 8.96. The van der Waals surface area contributed by atoms with Crippen LogP contribution in [-0.2, 0) is 6.67 Å². The molecule has 0 saturated heterocycles. The number of hydrogen-bond acceptors (Lipinski definition) is 4. The number of para-hydroxylation sites is 1. The maximum absolute atomic E-state index is 14.0. The molecule has 3 aromatic carbocycles. The number of anilines is 2. The van der Waals surface area contributed by atoms with Crippen LogP contribution in [0.15, 0.2) is 54.6 Å². The summed E-state index contributed by atoms with van der Waals surface area (Å²) in [5.74, 6) is -1.46.